The highest BCUT2D eigenvalue weighted by molar-refractivity contribution is 5.32. The summed E-state index contributed by atoms with van der Waals surface area (Å²) in [6.45, 7) is 38.0. The predicted molar refractivity (Wildman–Crippen MR) is 258 cm³/mol. The fraction of sp³-hybridized carbons (Fsp3) is 0.862. The molecule has 0 N–H and O–H groups in total. The van der Waals surface area contributed by atoms with Crippen LogP contribution in [0.15, 0.2) is 44.6 Å². The Kier molecular flexibility index (Phi) is 16.2. The third kappa shape index (κ3) is 11.3. The lowest BCUT2D eigenvalue weighted by Gasteiger charge is -2.39. The van der Waals surface area contributed by atoms with Gasteiger partial charge >= 0.3 is 0 Å². The first-order valence-electron chi connectivity index (χ1n) is 26.0. The molecule has 8 rings (SSSR count). The lowest BCUT2D eigenvalue weighted by Crippen LogP contribution is -2.26. The summed E-state index contributed by atoms with van der Waals surface area (Å²) in [6.07, 6.45) is 32.3. The third-order valence-electron chi connectivity index (χ3n) is 17.7. The van der Waals surface area contributed by atoms with Gasteiger partial charge in [-0.3, -0.25) is 0 Å². The molecular formula is C58H100. The van der Waals surface area contributed by atoms with E-state index in [1.165, 1.54) is 141 Å². The summed E-state index contributed by atoms with van der Waals surface area (Å²) in [4.78, 5) is 0. The summed E-state index contributed by atoms with van der Waals surface area (Å²) in [6, 6.07) is 0. The average Bonchev–Trinajstić information content (AvgIpc) is 3.68. The van der Waals surface area contributed by atoms with Crippen LogP contribution in [0.25, 0.3) is 0 Å². The van der Waals surface area contributed by atoms with E-state index in [4.69, 9.17) is 0 Å². The molecule has 0 nitrogen and oxygen atoms in total. The molecule has 0 heteroatoms. The van der Waals surface area contributed by atoms with Gasteiger partial charge in [-0.2, -0.15) is 0 Å². The number of rotatable bonds is 8. The maximum Gasteiger partial charge on any atom is -0.0222 e. The minimum atomic E-state index is 0.706. The van der Waals surface area contributed by atoms with E-state index >= 15 is 0 Å². The van der Waals surface area contributed by atoms with Gasteiger partial charge in [-0.1, -0.05) is 194 Å². The van der Waals surface area contributed by atoms with Gasteiger partial charge in [0.15, 0.2) is 0 Å². The van der Waals surface area contributed by atoms with Crippen molar-refractivity contribution in [1.82, 2.24) is 0 Å². The van der Waals surface area contributed by atoms with Crippen LogP contribution in [0.1, 0.15) is 252 Å². The van der Waals surface area contributed by atoms with Crippen molar-refractivity contribution < 1.29 is 0 Å². The summed E-state index contributed by atoms with van der Waals surface area (Å²) >= 11 is 0. The van der Waals surface area contributed by atoms with Crippen LogP contribution in [0, 0.1) is 69.0 Å². The van der Waals surface area contributed by atoms with Crippen LogP contribution < -0.4 is 0 Å². The monoisotopic (exact) mass is 797 g/mol. The van der Waals surface area contributed by atoms with Crippen molar-refractivity contribution in [2.75, 3.05) is 0 Å². The van der Waals surface area contributed by atoms with E-state index in [0.29, 0.717) is 5.41 Å². The van der Waals surface area contributed by atoms with Crippen LogP contribution in [0.5, 0.6) is 0 Å². The van der Waals surface area contributed by atoms with E-state index in [0.717, 1.165) is 63.6 Å². The molecule has 8 aliphatic carbocycles. The van der Waals surface area contributed by atoms with Gasteiger partial charge in [-0.15, -0.1) is 0 Å². The molecule has 0 aliphatic heterocycles. The van der Waals surface area contributed by atoms with E-state index < -0.39 is 0 Å². The van der Waals surface area contributed by atoms with Crippen molar-refractivity contribution in [3.63, 3.8) is 0 Å². The molecule has 0 atom stereocenters. The van der Waals surface area contributed by atoms with Crippen LogP contribution in [0.3, 0.4) is 0 Å². The van der Waals surface area contributed by atoms with Crippen LogP contribution in [-0.2, 0) is 0 Å². The van der Waals surface area contributed by atoms with Crippen molar-refractivity contribution in [1.29, 1.82) is 0 Å². The first kappa shape index (κ1) is 48.0. The van der Waals surface area contributed by atoms with Crippen LogP contribution in [0.4, 0.5) is 0 Å². The fourth-order valence-corrected chi connectivity index (χ4v) is 13.7. The topological polar surface area (TPSA) is 0 Å². The molecule has 0 bridgehead atoms. The third-order valence-corrected chi connectivity index (χ3v) is 17.7. The maximum absolute atomic E-state index is 2.39. The normalized spacial score (nSPS) is 25.2. The zero-order valence-electron chi connectivity index (χ0n) is 42.2. The molecule has 0 aromatic rings. The molecule has 0 aromatic carbocycles. The largest absolute Gasteiger partial charge is 0.0676 e. The molecule has 0 heterocycles. The highest BCUT2D eigenvalue weighted by Crippen LogP contribution is 2.62. The van der Waals surface area contributed by atoms with Crippen molar-refractivity contribution in [3.05, 3.63) is 44.6 Å². The molecule has 0 unspecified atom stereocenters. The van der Waals surface area contributed by atoms with Crippen molar-refractivity contribution in [3.8, 4) is 0 Å². The highest BCUT2D eigenvalue weighted by Gasteiger charge is 2.49. The van der Waals surface area contributed by atoms with Gasteiger partial charge in [0.1, 0.15) is 0 Å². The summed E-state index contributed by atoms with van der Waals surface area (Å²) in [5.41, 5.74) is 17.4. The van der Waals surface area contributed by atoms with E-state index in [-0.39, 0.29) is 0 Å². The molecule has 4 spiro atoms. The summed E-state index contributed by atoms with van der Waals surface area (Å²) < 4.78 is 0. The van der Waals surface area contributed by atoms with Crippen LogP contribution in [-0.4, -0.2) is 0 Å². The second-order valence-corrected chi connectivity index (χ2v) is 25.0. The van der Waals surface area contributed by atoms with Gasteiger partial charge in [0.05, 0.1) is 0 Å². The van der Waals surface area contributed by atoms with E-state index in [1.807, 2.05) is 22.3 Å². The Balaban J connectivity index is 0.000000148. The Morgan fingerprint density at radius 2 is 0.362 bits per heavy atom. The van der Waals surface area contributed by atoms with Gasteiger partial charge < -0.3 is 0 Å². The standard InChI is InChI=1S/C16H28.C15H26.C14H24.C13H22/c1-12(2)14-10-16(8-6-5-7-9-16)11-15(14)13(3)4;1-11(2)13-9-15(7-5-6-8-15)10-14(13)12(3)4;1-10(2)12-8-14(6-5-7-14)9-13(12)11(3)4;1-9(2)11-7-13(5-6-13)8-12(11)10(3)4/h12-13H,5-11H2,1-4H3;11-12H,5-10H2,1-4H3;10-11H,5-9H2,1-4H3;9-10H,5-8H2,1-4H3. The lowest BCUT2D eigenvalue weighted by molar-refractivity contribution is 0.144. The van der Waals surface area contributed by atoms with Gasteiger partial charge in [0.2, 0.25) is 0 Å². The van der Waals surface area contributed by atoms with Crippen molar-refractivity contribution >= 4 is 0 Å². The molecule has 0 aromatic heterocycles. The van der Waals surface area contributed by atoms with Crippen LogP contribution >= 0.6 is 0 Å². The van der Waals surface area contributed by atoms with Crippen molar-refractivity contribution in [2.24, 2.45) is 69.0 Å². The molecule has 4 fully saturated rings. The highest BCUT2D eigenvalue weighted by atomic mass is 14.5. The van der Waals surface area contributed by atoms with Crippen LogP contribution in [0.2, 0.25) is 0 Å². The lowest BCUT2D eigenvalue weighted by atomic mass is 9.66. The zero-order valence-corrected chi connectivity index (χ0v) is 42.2. The molecule has 58 heavy (non-hydrogen) atoms. The first-order chi connectivity index (χ1) is 27.2. The number of hydrogen-bond donors (Lipinski definition) is 0. The second-order valence-electron chi connectivity index (χ2n) is 25.0. The minimum absolute atomic E-state index is 0.706. The molecule has 8 aliphatic rings. The van der Waals surface area contributed by atoms with E-state index in [1.54, 1.807) is 22.3 Å². The molecule has 0 amide bonds. The van der Waals surface area contributed by atoms with Gasteiger partial charge in [-0.05, 0) is 172 Å². The summed E-state index contributed by atoms with van der Waals surface area (Å²) in [7, 11) is 0. The summed E-state index contributed by atoms with van der Waals surface area (Å²) in [5, 5.41) is 0. The van der Waals surface area contributed by atoms with E-state index in [9.17, 15) is 0 Å². The first-order valence-corrected chi connectivity index (χ1v) is 26.0. The fourth-order valence-electron chi connectivity index (χ4n) is 13.7. The Bertz CT molecular complexity index is 1390. The number of hydrogen-bond acceptors (Lipinski definition) is 0. The number of allylic oxidation sites excluding steroid dienone is 8. The Morgan fingerprint density at radius 3 is 0.500 bits per heavy atom. The SMILES string of the molecule is CC(C)C1=C(C(C)C)CC2(CC2)C1.CC(C)C1=C(C(C)C)CC2(CCC2)C1.CC(C)C1=C(C(C)C)CC2(CCCC2)C1.CC(C)C1=C(C(C)C)CC2(CCCCC2)C1. The second kappa shape index (κ2) is 19.6. The predicted octanol–water partition coefficient (Wildman–Crippen LogP) is 19.0. The molecule has 332 valence electrons. The Hall–Kier alpha value is -1.04. The molecule has 0 saturated heterocycles. The smallest absolute Gasteiger partial charge is 0.0222 e. The molecule has 4 saturated carbocycles. The van der Waals surface area contributed by atoms with Crippen molar-refractivity contribution in [2.45, 2.75) is 252 Å². The maximum atomic E-state index is 2.39. The quantitative estimate of drug-likeness (QED) is 0.215. The molecular weight excluding hydrogens is 697 g/mol. The zero-order chi connectivity index (χ0) is 42.8. The van der Waals surface area contributed by atoms with Gasteiger partial charge in [0.25, 0.3) is 0 Å². The minimum Gasteiger partial charge on any atom is -0.0676 e. The van der Waals surface area contributed by atoms with Gasteiger partial charge in [0, 0.05) is 0 Å². The Labute approximate surface area is 364 Å². The van der Waals surface area contributed by atoms with Gasteiger partial charge in [-0.25, -0.2) is 0 Å². The summed E-state index contributed by atoms with van der Waals surface area (Å²) in [5.74, 6) is 6.26. The Morgan fingerprint density at radius 1 is 0.207 bits per heavy atom. The average molecular weight is 797 g/mol. The molecule has 0 radical (unpaired) electrons. The van der Waals surface area contributed by atoms with E-state index in [2.05, 4.69) is 111 Å².